The number of rotatable bonds is 3. The summed E-state index contributed by atoms with van der Waals surface area (Å²) in [6.45, 7) is 5.17. The fourth-order valence-electron chi connectivity index (χ4n) is 2.99. The van der Waals surface area contributed by atoms with Gasteiger partial charge in [-0.2, -0.15) is 8.42 Å². The van der Waals surface area contributed by atoms with Crippen molar-refractivity contribution in [2.24, 2.45) is 4.40 Å². The molecule has 5 nitrogen and oxygen atoms in total. The number of hydrogen-bond donors (Lipinski definition) is 0. The predicted molar refractivity (Wildman–Crippen MR) is 98.2 cm³/mol. The second-order valence-electron chi connectivity index (χ2n) is 6.23. The predicted octanol–water partition coefficient (Wildman–Crippen LogP) is 2.93. The third-order valence-electron chi connectivity index (χ3n) is 4.00. The summed E-state index contributed by atoms with van der Waals surface area (Å²) in [5, 5.41) is 0. The fourth-order valence-corrected chi connectivity index (χ4v) is 4.05. The van der Waals surface area contributed by atoms with Crippen molar-refractivity contribution in [3.05, 3.63) is 66.2 Å². The van der Waals surface area contributed by atoms with Crippen LogP contribution in [0, 0.1) is 0 Å². The van der Waals surface area contributed by atoms with Crippen molar-refractivity contribution in [1.82, 2.24) is 4.90 Å². The molecule has 0 N–H and O–H groups in total. The number of benzene rings is 2. The number of hydrogen-bond acceptors (Lipinski definition) is 3. The highest BCUT2D eigenvalue weighted by Crippen LogP contribution is 2.19. The molecule has 0 radical (unpaired) electrons. The smallest absolute Gasteiger partial charge is 0.284 e. The molecule has 1 aliphatic heterocycles. The van der Waals surface area contributed by atoms with Crippen LogP contribution in [0.4, 0.5) is 0 Å². The van der Waals surface area contributed by atoms with E-state index >= 15 is 0 Å². The van der Waals surface area contributed by atoms with Gasteiger partial charge < -0.3 is 9.64 Å². The number of nitrogens with zero attached hydrogens (tertiary/aromatic N) is 2. The summed E-state index contributed by atoms with van der Waals surface area (Å²) in [5.74, 6) is 0.464. The number of morpholine rings is 1. The first-order chi connectivity index (χ1) is 12.0. The molecule has 25 heavy (non-hydrogen) atoms. The molecule has 2 aromatic carbocycles. The Morgan fingerprint density at radius 2 is 1.48 bits per heavy atom. The van der Waals surface area contributed by atoms with Crippen molar-refractivity contribution >= 4 is 15.9 Å². The topological polar surface area (TPSA) is 59.0 Å². The maximum absolute atomic E-state index is 12.8. The van der Waals surface area contributed by atoms with Gasteiger partial charge in [0.05, 0.1) is 17.1 Å². The van der Waals surface area contributed by atoms with Gasteiger partial charge in [0.1, 0.15) is 5.84 Å². The summed E-state index contributed by atoms with van der Waals surface area (Å²) >= 11 is 0. The summed E-state index contributed by atoms with van der Waals surface area (Å²) in [7, 11) is -3.79. The van der Waals surface area contributed by atoms with Crippen molar-refractivity contribution in [1.29, 1.82) is 0 Å². The molecular weight excluding hydrogens is 336 g/mol. The standard InChI is InChI=1S/C19H22N2O3S/c1-15-13-21(14-16(2)24-15)19(17-9-5-3-6-10-17)20-25(22,23)18-11-7-4-8-12-18/h3-12,15-16H,13-14H2,1-2H3/b20-19+. The first-order valence-electron chi connectivity index (χ1n) is 8.31. The normalized spacial score (nSPS) is 22.0. The van der Waals surface area contributed by atoms with Crippen molar-refractivity contribution < 1.29 is 13.2 Å². The second kappa shape index (κ2) is 7.37. The van der Waals surface area contributed by atoms with Crippen LogP contribution >= 0.6 is 0 Å². The lowest BCUT2D eigenvalue weighted by atomic mass is 10.1. The first kappa shape index (κ1) is 17.6. The van der Waals surface area contributed by atoms with Gasteiger partial charge in [0, 0.05) is 18.7 Å². The van der Waals surface area contributed by atoms with Gasteiger partial charge in [-0.05, 0) is 26.0 Å². The third kappa shape index (κ3) is 4.27. The average Bonchev–Trinajstić information content (AvgIpc) is 2.60. The van der Waals surface area contributed by atoms with Gasteiger partial charge in [0.2, 0.25) is 0 Å². The van der Waals surface area contributed by atoms with Gasteiger partial charge in [-0.15, -0.1) is 4.40 Å². The average molecular weight is 358 g/mol. The van der Waals surface area contributed by atoms with E-state index in [9.17, 15) is 8.42 Å². The molecule has 1 fully saturated rings. The molecule has 0 amide bonds. The van der Waals surface area contributed by atoms with E-state index in [2.05, 4.69) is 4.40 Å². The van der Waals surface area contributed by atoms with Gasteiger partial charge in [-0.1, -0.05) is 48.5 Å². The van der Waals surface area contributed by atoms with E-state index in [1.807, 2.05) is 49.1 Å². The molecular formula is C19H22N2O3S. The van der Waals surface area contributed by atoms with Crippen LogP contribution in [0.5, 0.6) is 0 Å². The Morgan fingerprint density at radius 1 is 0.960 bits per heavy atom. The van der Waals surface area contributed by atoms with Crippen LogP contribution < -0.4 is 0 Å². The molecule has 2 aromatic rings. The monoisotopic (exact) mass is 358 g/mol. The summed E-state index contributed by atoms with van der Waals surface area (Å²) in [4.78, 5) is 2.19. The van der Waals surface area contributed by atoms with Crippen LogP contribution in [-0.2, 0) is 14.8 Å². The molecule has 3 rings (SSSR count). The minimum Gasteiger partial charge on any atom is -0.372 e. The molecule has 1 saturated heterocycles. The molecule has 1 heterocycles. The van der Waals surface area contributed by atoms with Crippen LogP contribution in [0.3, 0.4) is 0 Å². The molecule has 132 valence electrons. The Labute approximate surface area is 149 Å². The highest BCUT2D eigenvalue weighted by atomic mass is 32.2. The Bertz CT molecular complexity index is 825. The molecule has 1 aliphatic rings. The number of sulfonamides is 1. The molecule has 0 saturated carbocycles. The third-order valence-corrected chi connectivity index (χ3v) is 5.28. The van der Waals surface area contributed by atoms with Crippen LogP contribution in [0.25, 0.3) is 0 Å². The quantitative estimate of drug-likeness (QED) is 0.625. The maximum Gasteiger partial charge on any atom is 0.284 e. The molecule has 0 aliphatic carbocycles. The van der Waals surface area contributed by atoms with E-state index in [1.54, 1.807) is 30.3 Å². The van der Waals surface area contributed by atoms with Crippen LogP contribution in [0.1, 0.15) is 19.4 Å². The van der Waals surface area contributed by atoms with E-state index in [-0.39, 0.29) is 17.1 Å². The molecule has 2 unspecified atom stereocenters. The summed E-state index contributed by atoms with van der Waals surface area (Å²) < 4.78 is 35.5. The van der Waals surface area contributed by atoms with Gasteiger partial charge in [0.15, 0.2) is 0 Å². The first-order valence-corrected chi connectivity index (χ1v) is 9.75. The number of amidine groups is 1. The Kier molecular flexibility index (Phi) is 5.20. The number of ether oxygens (including phenoxy) is 1. The van der Waals surface area contributed by atoms with E-state index in [1.165, 1.54) is 0 Å². The van der Waals surface area contributed by atoms with Gasteiger partial charge in [0.25, 0.3) is 10.0 Å². The molecule has 0 spiro atoms. The molecule has 0 bridgehead atoms. The SMILES string of the molecule is CC1CN(/C(=N/S(=O)(=O)c2ccccc2)c2ccccc2)CC(C)O1. The van der Waals surface area contributed by atoms with E-state index < -0.39 is 10.0 Å². The summed E-state index contributed by atoms with van der Waals surface area (Å²) in [6.07, 6.45) is 0.0224. The van der Waals surface area contributed by atoms with Crippen LogP contribution in [0.2, 0.25) is 0 Å². The lowest BCUT2D eigenvalue weighted by Gasteiger charge is -2.37. The molecule has 2 atom stereocenters. The highest BCUT2D eigenvalue weighted by Gasteiger charge is 2.27. The lowest BCUT2D eigenvalue weighted by molar-refractivity contribution is -0.0478. The van der Waals surface area contributed by atoms with E-state index in [0.29, 0.717) is 18.9 Å². The summed E-state index contributed by atoms with van der Waals surface area (Å²) in [6, 6.07) is 17.7. The Balaban J connectivity index is 2.05. The van der Waals surface area contributed by atoms with E-state index in [0.717, 1.165) is 5.56 Å². The van der Waals surface area contributed by atoms with Gasteiger partial charge >= 0.3 is 0 Å². The van der Waals surface area contributed by atoms with Crippen molar-refractivity contribution in [2.75, 3.05) is 13.1 Å². The van der Waals surface area contributed by atoms with Crippen molar-refractivity contribution in [3.8, 4) is 0 Å². The second-order valence-corrected chi connectivity index (χ2v) is 7.84. The lowest BCUT2D eigenvalue weighted by Crippen LogP contribution is -2.48. The molecule has 6 heteroatoms. The minimum atomic E-state index is -3.79. The van der Waals surface area contributed by atoms with Crippen molar-refractivity contribution in [2.45, 2.75) is 31.0 Å². The van der Waals surface area contributed by atoms with E-state index in [4.69, 9.17) is 4.74 Å². The Hall–Kier alpha value is -2.18. The van der Waals surface area contributed by atoms with Gasteiger partial charge in [-0.3, -0.25) is 0 Å². The largest absolute Gasteiger partial charge is 0.372 e. The zero-order valence-corrected chi connectivity index (χ0v) is 15.2. The Morgan fingerprint density at radius 3 is 2.04 bits per heavy atom. The zero-order chi connectivity index (χ0) is 17.9. The summed E-state index contributed by atoms with van der Waals surface area (Å²) in [5.41, 5.74) is 0.781. The van der Waals surface area contributed by atoms with Crippen molar-refractivity contribution in [3.63, 3.8) is 0 Å². The van der Waals surface area contributed by atoms with Crippen LogP contribution in [0.15, 0.2) is 70.0 Å². The minimum absolute atomic E-state index is 0.0112. The fraction of sp³-hybridized carbons (Fsp3) is 0.316. The van der Waals surface area contributed by atoms with Gasteiger partial charge in [-0.25, -0.2) is 0 Å². The zero-order valence-electron chi connectivity index (χ0n) is 14.4. The maximum atomic E-state index is 12.8. The molecule has 0 aromatic heterocycles. The van der Waals surface area contributed by atoms with Crippen LogP contribution in [-0.4, -0.2) is 44.5 Å². The highest BCUT2D eigenvalue weighted by molar-refractivity contribution is 7.90.